The minimum Gasteiger partial charge on any atom is -0.363 e. The number of aryl methyl sites for hydroxylation is 3. The molecular weight excluding hydrogens is 366 g/mol. The van der Waals surface area contributed by atoms with Crippen LogP contribution in [0.2, 0.25) is 0 Å². The van der Waals surface area contributed by atoms with Crippen LogP contribution in [-0.2, 0) is 7.05 Å². The summed E-state index contributed by atoms with van der Waals surface area (Å²) in [6, 6.07) is 9.87. The van der Waals surface area contributed by atoms with E-state index in [1.807, 2.05) is 81.1 Å². The van der Waals surface area contributed by atoms with Crippen molar-refractivity contribution in [2.24, 2.45) is 7.05 Å². The molecular formula is C20H23N9. The first kappa shape index (κ1) is 18.6. The van der Waals surface area contributed by atoms with Crippen LogP contribution in [-0.4, -0.2) is 48.6 Å². The van der Waals surface area contributed by atoms with Crippen molar-refractivity contribution in [2.45, 2.75) is 13.8 Å². The fourth-order valence-corrected chi connectivity index (χ4v) is 3.00. The van der Waals surface area contributed by atoms with E-state index in [-0.39, 0.29) is 0 Å². The summed E-state index contributed by atoms with van der Waals surface area (Å²) in [4.78, 5) is 15.6. The molecule has 148 valence electrons. The van der Waals surface area contributed by atoms with Gasteiger partial charge in [0, 0.05) is 44.7 Å². The second kappa shape index (κ2) is 7.34. The third-order valence-electron chi connectivity index (χ3n) is 4.41. The van der Waals surface area contributed by atoms with Gasteiger partial charge in [-0.3, -0.25) is 4.68 Å². The van der Waals surface area contributed by atoms with E-state index in [4.69, 9.17) is 0 Å². The summed E-state index contributed by atoms with van der Waals surface area (Å²) < 4.78 is 3.58. The van der Waals surface area contributed by atoms with Crippen LogP contribution >= 0.6 is 0 Å². The van der Waals surface area contributed by atoms with Gasteiger partial charge in [-0.2, -0.15) is 15.2 Å². The summed E-state index contributed by atoms with van der Waals surface area (Å²) in [7, 11) is 5.79. The van der Waals surface area contributed by atoms with Gasteiger partial charge in [-0.1, -0.05) is 0 Å². The Bertz CT molecular complexity index is 1140. The highest BCUT2D eigenvalue weighted by Crippen LogP contribution is 2.24. The van der Waals surface area contributed by atoms with Gasteiger partial charge < -0.3 is 10.2 Å². The summed E-state index contributed by atoms with van der Waals surface area (Å²) in [6.45, 7) is 3.82. The normalized spacial score (nSPS) is 10.9. The van der Waals surface area contributed by atoms with Crippen LogP contribution in [0.5, 0.6) is 0 Å². The third kappa shape index (κ3) is 3.93. The van der Waals surface area contributed by atoms with Crippen LogP contribution < -0.4 is 10.2 Å². The molecule has 0 radical (unpaired) electrons. The van der Waals surface area contributed by atoms with Crippen LogP contribution in [0.1, 0.15) is 11.6 Å². The Morgan fingerprint density at radius 2 is 1.76 bits per heavy atom. The average Bonchev–Trinajstić information content (AvgIpc) is 3.27. The molecule has 0 unspecified atom stereocenters. The van der Waals surface area contributed by atoms with Gasteiger partial charge in [0.1, 0.15) is 17.5 Å². The fourth-order valence-electron chi connectivity index (χ4n) is 3.00. The number of hydrogen-bond donors (Lipinski definition) is 1. The Labute approximate surface area is 169 Å². The summed E-state index contributed by atoms with van der Waals surface area (Å²) >= 11 is 0. The topological polar surface area (TPSA) is 89.6 Å². The molecule has 1 aromatic carbocycles. The molecule has 0 amide bonds. The molecule has 1 N–H and O–H groups in total. The Kier molecular flexibility index (Phi) is 4.71. The number of nitrogens with one attached hydrogen (secondary N) is 1. The van der Waals surface area contributed by atoms with Gasteiger partial charge in [0.2, 0.25) is 5.95 Å². The van der Waals surface area contributed by atoms with Crippen molar-refractivity contribution in [3.05, 3.63) is 54.4 Å². The van der Waals surface area contributed by atoms with Crippen molar-refractivity contribution in [2.75, 3.05) is 24.3 Å². The summed E-state index contributed by atoms with van der Waals surface area (Å²) in [5.41, 5.74) is 3.59. The molecule has 4 rings (SSSR count). The highest BCUT2D eigenvalue weighted by molar-refractivity contribution is 5.65. The summed E-state index contributed by atoms with van der Waals surface area (Å²) in [5.74, 6) is 2.94. The van der Waals surface area contributed by atoms with Crippen molar-refractivity contribution in [3.63, 3.8) is 0 Å². The van der Waals surface area contributed by atoms with Crippen molar-refractivity contribution in [1.82, 2.24) is 34.5 Å². The standard InChI is InChI=1S/C20H23N9/c1-13-22-14(2)29(26-13)17-8-6-16(7-9-17)23-20-24-18(10-19(25-20)27(3)4)15-11-21-28(5)12-15/h6-12H,1-5H3,(H,23,24,25). The molecule has 0 aliphatic carbocycles. The van der Waals surface area contributed by atoms with Crippen LogP contribution in [0.15, 0.2) is 42.7 Å². The maximum Gasteiger partial charge on any atom is 0.229 e. The number of rotatable bonds is 5. The molecule has 0 saturated heterocycles. The quantitative estimate of drug-likeness (QED) is 0.561. The lowest BCUT2D eigenvalue weighted by molar-refractivity contribution is 0.768. The molecule has 9 heteroatoms. The molecule has 0 fully saturated rings. The second-order valence-corrected chi connectivity index (χ2v) is 7.02. The molecule has 0 aliphatic heterocycles. The molecule has 3 heterocycles. The first-order valence-electron chi connectivity index (χ1n) is 9.22. The lowest BCUT2D eigenvalue weighted by Crippen LogP contribution is -2.12. The molecule has 0 aliphatic rings. The predicted octanol–water partition coefficient (Wildman–Crippen LogP) is 2.88. The predicted molar refractivity (Wildman–Crippen MR) is 113 cm³/mol. The van der Waals surface area contributed by atoms with Gasteiger partial charge >= 0.3 is 0 Å². The van der Waals surface area contributed by atoms with E-state index >= 15 is 0 Å². The molecule has 0 atom stereocenters. The van der Waals surface area contributed by atoms with E-state index in [1.54, 1.807) is 10.9 Å². The van der Waals surface area contributed by atoms with Crippen molar-refractivity contribution >= 4 is 17.5 Å². The number of anilines is 3. The van der Waals surface area contributed by atoms with Crippen LogP contribution in [0, 0.1) is 13.8 Å². The zero-order chi connectivity index (χ0) is 20.5. The van der Waals surface area contributed by atoms with Crippen molar-refractivity contribution in [3.8, 4) is 16.9 Å². The average molecular weight is 389 g/mol. The largest absolute Gasteiger partial charge is 0.363 e. The SMILES string of the molecule is Cc1nc(C)n(-c2ccc(Nc3nc(-c4cnn(C)c4)cc(N(C)C)n3)cc2)n1. The maximum atomic E-state index is 4.66. The molecule has 3 aromatic heterocycles. The molecule has 29 heavy (non-hydrogen) atoms. The minimum absolute atomic E-state index is 0.524. The first-order valence-corrected chi connectivity index (χ1v) is 9.22. The zero-order valence-electron chi connectivity index (χ0n) is 17.1. The van der Waals surface area contributed by atoms with Gasteiger partial charge in [0.15, 0.2) is 0 Å². The van der Waals surface area contributed by atoms with Gasteiger partial charge in [-0.05, 0) is 38.1 Å². The van der Waals surface area contributed by atoms with Crippen LogP contribution in [0.4, 0.5) is 17.5 Å². The van der Waals surface area contributed by atoms with Gasteiger partial charge in [0.25, 0.3) is 0 Å². The summed E-state index contributed by atoms with van der Waals surface area (Å²) in [6.07, 6.45) is 3.73. The Hall–Kier alpha value is -3.75. The number of nitrogens with zero attached hydrogens (tertiary/aromatic N) is 8. The van der Waals surface area contributed by atoms with Crippen molar-refractivity contribution < 1.29 is 0 Å². The molecule has 0 saturated carbocycles. The maximum absolute atomic E-state index is 4.66. The van der Waals surface area contributed by atoms with Gasteiger partial charge in [0.05, 0.1) is 17.6 Å². The number of aromatic nitrogens is 7. The van der Waals surface area contributed by atoms with Crippen LogP contribution in [0.3, 0.4) is 0 Å². The number of benzene rings is 1. The van der Waals surface area contributed by atoms with E-state index in [1.165, 1.54) is 0 Å². The zero-order valence-corrected chi connectivity index (χ0v) is 17.1. The van der Waals surface area contributed by atoms with E-state index in [0.29, 0.717) is 5.95 Å². The monoisotopic (exact) mass is 389 g/mol. The number of hydrogen-bond acceptors (Lipinski definition) is 7. The van der Waals surface area contributed by atoms with Gasteiger partial charge in [-0.25, -0.2) is 14.6 Å². The smallest absolute Gasteiger partial charge is 0.229 e. The third-order valence-corrected chi connectivity index (χ3v) is 4.41. The Morgan fingerprint density at radius 1 is 1.00 bits per heavy atom. The van der Waals surface area contributed by atoms with Gasteiger partial charge in [-0.15, -0.1) is 0 Å². The van der Waals surface area contributed by atoms with E-state index < -0.39 is 0 Å². The fraction of sp³-hybridized carbons (Fsp3) is 0.250. The Morgan fingerprint density at radius 3 is 2.34 bits per heavy atom. The van der Waals surface area contributed by atoms with Crippen LogP contribution in [0.25, 0.3) is 16.9 Å². The molecule has 0 spiro atoms. The lowest BCUT2D eigenvalue weighted by atomic mass is 10.2. The highest BCUT2D eigenvalue weighted by atomic mass is 15.3. The van der Waals surface area contributed by atoms with Crippen molar-refractivity contribution in [1.29, 1.82) is 0 Å². The Balaban J connectivity index is 1.63. The van der Waals surface area contributed by atoms with E-state index in [9.17, 15) is 0 Å². The lowest BCUT2D eigenvalue weighted by Gasteiger charge is -2.14. The second-order valence-electron chi connectivity index (χ2n) is 7.02. The van der Waals surface area contributed by atoms with E-state index in [0.717, 1.165) is 40.1 Å². The highest BCUT2D eigenvalue weighted by Gasteiger charge is 2.11. The molecule has 4 aromatic rings. The molecule has 9 nitrogen and oxygen atoms in total. The minimum atomic E-state index is 0.524. The first-order chi connectivity index (χ1) is 13.9. The summed E-state index contributed by atoms with van der Waals surface area (Å²) in [5, 5.41) is 11.9. The van der Waals surface area contributed by atoms with E-state index in [2.05, 4.69) is 30.5 Å². The molecule has 0 bridgehead atoms.